The van der Waals surface area contributed by atoms with Crippen LogP contribution >= 0.6 is 0 Å². The van der Waals surface area contributed by atoms with Gasteiger partial charge in [0.1, 0.15) is 0 Å². The summed E-state index contributed by atoms with van der Waals surface area (Å²) in [5.74, 6) is 0.730. The minimum atomic E-state index is 0.730. The minimum absolute atomic E-state index is 0.730. The van der Waals surface area contributed by atoms with Crippen LogP contribution in [0.1, 0.15) is 0 Å². The molecule has 0 atom stereocenters. The monoisotopic (exact) mass is 458 g/mol. The Morgan fingerprint density at radius 2 is 0.944 bits per heavy atom. The predicted octanol–water partition coefficient (Wildman–Crippen LogP) is 8.94. The molecule has 0 bridgehead atoms. The Labute approximate surface area is 209 Å². The van der Waals surface area contributed by atoms with Crippen molar-refractivity contribution in [1.82, 2.24) is 9.97 Å². The van der Waals surface area contributed by atoms with Crippen LogP contribution in [0.5, 0.6) is 0 Å². The van der Waals surface area contributed by atoms with Crippen LogP contribution in [-0.4, -0.2) is 9.97 Å². The fourth-order valence-electron chi connectivity index (χ4n) is 5.17. The van der Waals surface area contributed by atoms with Crippen LogP contribution < -0.4 is 0 Å². The van der Waals surface area contributed by atoms with Crippen LogP contribution in [0, 0.1) is 0 Å². The highest BCUT2D eigenvalue weighted by Crippen LogP contribution is 2.38. The lowest BCUT2D eigenvalue weighted by atomic mass is 9.93. The zero-order valence-electron chi connectivity index (χ0n) is 19.6. The molecule has 0 N–H and O–H groups in total. The predicted molar refractivity (Wildman–Crippen MR) is 151 cm³/mol. The van der Waals surface area contributed by atoms with Crippen molar-refractivity contribution >= 4 is 32.3 Å². The van der Waals surface area contributed by atoms with Crippen LogP contribution in [0.3, 0.4) is 0 Å². The molecular formula is C34H22N2. The average Bonchev–Trinajstić information content (AvgIpc) is 2.96. The molecule has 6 aromatic carbocycles. The molecular weight excluding hydrogens is 436 g/mol. The first-order valence-electron chi connectivity index (χ1n) is 12.2. The van der Waals surface area contributed by atoms with Gasteiger partial charge in [0, 0.05) is 16.7 Å². The van der Waals surface area contributed by atoms with E-state index in [-0.39, 0.29) is 0 Å². The van der Waals surface area contributed by atoms with E-state index < -0.39 is 0 Å². The van der Waals surface area contributed by atoms with Crippen molar-refractivity contribution in [2.75, 3.05) is 0 Å². The van der Waals surface area contributed by atoms with Gasteiger partial charge in [0.15, 0.2) is 5.82 Å². The molecule has 0 amide bonds. The highest BCUT2D eigenvalue weighted by molar-refractivity contribution is 6.12. The van der Waals surface area contributed by atoms with Crippen molar-refractivity contribution in [3.05, 3.63) is 133 Å². The summed E-state index contributed by atoms with van der Waals surface area (Å²) in [5, 5.41) is 7.18. The summed E-state index contributed by atoms with van der Waals surface area (Å²) in [5.41, 5.74) is 5.11. The lowest BCUT2D eigenvalue weighted by molar-refractivity contribution is 1.19. The SMILES string of the molecule is c1ccc(-c2nc(-c3cccc4ccccc34)cc(-c3c4ccccc4cc4ccccc34)n2)cc1. The normalized spacial score (nSPS) is 11.3. The summed E-state index contributed by atoms with van der Waals surface area (Å²) in [6.45, 7) is 0. The van der Waals surface area contributed by atoms with E-state index in [1.807, 2.05) is 18.2 Å². The summed E-state index contributed by atoms with van der Waals surface area (Å²) < 4.78 is 0. The Bertz CT molecular complexity index is 1830. The largest absolute Gasteiger partial charge is 0.228 e. The smallest absolute Gasteiger partial charge is 0.160 e. The Kier molecular flexibility index (Phi) is 4.82. The number of aromatic nitrogens is 2. The molecule has 36 heavy (non-hydrogen) atoms. The Morgan fingerprint density at radius 3 is 1.67 bits per heavy atom. The molecule has 2 heteroatoms. The molecule has 7 aromatic rings. The lowest BCUT2D eigenvalue weighted by Crippen LogP contribution is -1.97. The third-order valence-corrected chi connectivity index (χ3v) is 6.85. The van der Waals surface area contributed by atoms with E-state index in [0.29, 0.717) is 0 Å². The van der Waals surface area contributed by atoms with Gasteiger partial charge in [-0.3, -0.25) is 0 Å². The van der Waals surface area contributed by atoms with Crippen molar-refractivity contribution in [1.29, 1.82) is 0 Å². The second-order valence-electron chi connectivity index (χ2n) is 9.05. The zero-order chi connectivity index (χ0) is 23.9. The van der Waals surface area contributed by atoms with Gasteiger partial charge >= 0.3 is 0 Å². The van der Waals surface area contributed by atoms with Crippen molar-refractivity contribution in [2.24, 2.45) is 0 Å². The maximum Gasteiger partial charge on any atom is 0.160 e. The maximum atomic E-state index is 5.17. The highest BCUT2D eigenvalue weighted by atomic mass is 14.9. The summed E-state index contributed by atoms with van der Waals surface area (Å²) in [7, 11) is 0. The van der Waals surface area contributed by atoms with Gasteiger partial charge in [-0.15, -0.1) is 0 Å². The maximum absolute atomic E-state index is 5.17. The van der Waals surface area contributed by atoms with Gasteiger partial charge in [-0.1, -0.05) is 121 Å². The van der Waals surface area contributed by atoms with Crippen molar-refractivity contribution in [3.63, 3.8) is 0 Å². The molecule has 1 aromatic heterocycles. The average molecular weight is 459 g/mol. The van der Waals surface area contributed by atoms with Crippen LogP contribution in [0.2, 0.25) is 0 Å². The molecule has 0 fully saturated rings. The van der Waals surface area contributed by atoms with Crippen LogP contribution in [0.15, 0.2) is 133 Å². The highest BCUT2D eigenvalue weighted by Gasteiger charge is 2.16. The molecule has 1 heterocycles. The Morgan fingerprint density at radius 1 is 0.389 bits per heavy atom. The number of rotatable bonds is 3. The third kappa shape index (κ3) is 3.43. The Balaban J connectivity index is 1.59. The van der Waals surface area contributed by atoms with E-state index in [0.717, 1.165) is 33.9 Å². The fourth-order valence-corrected chi connectivity index (χ4v) is 5.17. The molecule has 0 radical (unpaired) electrons. The first kappa shape index (κ1) is 20.5. The van der Waals surface area contributed by atoms with E-state index in [9.17, 15) is 0 Å². The van der Waals surface area contributed by atoms with E-state index in [4.69, 9.17) is 9.97 Å². The summed E-state index contributed by atoms with van der Waals surface area (Å²) in [6, 6.07) is 46.7. The molecule has 0 aliphatic heterocycles. The number of hydrogen-bond donors (Lipinski definition) is 0. The molecule has 0 saturated carbocycles. The first-order valence-corrected chi connectivity index (χ1v) is 12.2. The standard InChI is InChI=1S/C34H22N2/c1-2-12-24(13-3-1)34-35-31(30-20-10-16-23-11-4-7-17-27(23)30)22-32(36-34)33-28-18-8-5-14-25(28)21-26-15-6-9-19-29(26)33/h1-22H. The number of benzene rings is 6. The summed E-state index contributed by atoms with van der Waals surface area (Å²) >= 11 is 0. The summed E-state index contributed by atoms with van der Waals surface area (Å²) in [4.78, 5) is 10.3. The van der Waals surface area contributed by atoms with E-state index in [2.05, 4.69) is 115 Å². The molecule has 2 nitrogen and oxygen atoms in total. The molecule has 0 aliphatic rings. The number of fused-ring (bicyclic) bond motifs is 3. The molecule has 0 aliphatic carbocycles. The molecule has 0 saturated heterocycles. The molecule has 168 valence electrons. The molecule has 7 rings (SSSR count). The van der Waals surface area contributed by atoms with Gasteiger partial charge < -0.3 is 0 Å². The quantitative estimate of drug-likeness (QED) is 0.247. The molecule has 0 spiro atoms. The fraction of sp³-hybridized carbons (Fsp3) is 0. The van der Waals surface area contributed by atoms with Gasteiger partial charge in [0.05, 0.1) is 11.4 Å². The van der Waals surface area contributed by atoms with Gasteiger partial charge in [-0.05, 0) is 44.5 Å². The zero-order valence-corrected chi connectivity index (χ0v) is 19.6. The number of nitrogens with zero attached hydrogens (tertiary/aromatic N) is 2. The number of hydrogen-bond acceptors (Lipinski definition) is 2. The van der Waals surface area contributed by atoms with E-state index >= 15 is 0 Å². The van der Waals surface area contributed by atoms with Crippen LogP contribution in [0.25, 0.3) is 66.2 Å². The van der Waals surface area contributed by atoms with Gasteiger partial charge in [0.2, 0.25) is 0 Å². The second-order valence-corrected chi connectivity index (χ2v) is 9.05. The second kappa shape index (κ2) is 8.44. The van der Waals surface area contributed by atoms with Crippen LogP contribution in [0.4, 0.5) is 0 Å². The van der Waals surface area contributed by atoms with Crippen molar-refractivity contribution < 1.29 is 0 Å². The van der Waals surface area contributed by atoms with Gasteiger partial charge in [-0.2, -0.15) is 0 Å². The molecule has 0 unspecified atom stereocenters. The van der Waals surface area contributed by atoms with Crippen molar-refractivity contribution in [3.8, 4) is 33.9 Å². The minimum Gasteiger partial charge on any atom is -0.228 e. The first-order chi connectivity index (χ1) is 17.8. The third-order valence-electron chi connectivity index (χ3n) is 6.85. The summed E-state index contributed by atoms with van der Waals surface area (Å²) in [6.07, 6.45) is 0. The van der Waals surface area contributed by atoms with Gasteiger partial charge in [-0.25, -0.2) is 9.97 Å². The van der Waals surface area contributed by atoms with Crippen LogP contribution in [-0.2, 0) is 0 Å². The Hall–Kier alpha value is -4.82. The van der Waals surface area contributed by atoms with Crippen molar-refractivity contribution in [2.45, 2.75) is 0 Å². The topological polar surface area (TPSA) is 25.8 Å². The lowest BCUT2D eigenvalue weighted by Gasteiger charge is -2.15. The van der Waals surface area contributed by atoms with E-state index in [1.165, 1.54) is 32.3 Å². The van der Waals surface area contributed by atoms with E-state index in [1.54, 1.807) is 0 Å². The van der Waals surface area contributed by atoms with Gasteiger partial charge in [0.25, 0.3) is 0 Å².